The first-order chi connectivity index (χ1) is 11.0. The molecule has 0 radical (unpaired) electrons. The molecule has 23 heavy (non-hydrogen) atoms. The molecule has 0 heterocycles. The molecule has 0 unspecified atom stereocenters. The van der Waals surface area contributed by atoms with Crippen molar-refractivity contribution in [3.63, 3.8) is 0 Å². The third-order valence-corrected chi connectivity index (χ3v) is 5.52. The summed E-state index contributed by atoms with van der Waals surface area (Å²) in [5.74, 6) is 0. The van der Waals surface area contributed by atoms with Gasteiger partial charge in [0.25, 0.3) is 0 Å². The van der Waals surface area contributed by atoms with E-state index in [4.69, 9.17) is 0 Å². The van der Waals surface area contributed by atoms with Gasteiger partial charge in [-0.3, -0.25) is 0 Å². The van der Waals surface area contributed by atoms with E-state index in [1.165, 1.54) is 33.4 Å². The van der Waals surface area contributed by atoms with Crippen LogP contribution in [0.25, 0.3) is 22.3 Å². The Morgan fingerprint density at radius 2 is 1.52 bits per heavy atom. The minimum Gasteiger partial charge on any atom is -0.143 e. The molecule has 0 bridgehead atoms. The number of benzene rings is 3. The van der Waals surface area contributed by atoms with Gasteiger partial charge >= 0.3 is 0 Å². The Hall–Kier alpha value is -1.51. The summed E-state index contributed by atoms with van der Waals surface area (Å²) in [6.07, 6.45) is 0. The normalized spacial score (nSPS) is 14.4. The SMILES string of the molecule is CC1(C)c2ccccc2-c2ccc(-c3cc(S)cc(Br)c3)cc21. The molecule has 114 valence electrons. The van der Waals surface area contributed by atoms with Crippen LogP contribution in [-0.4, -0.2) is 0 Å². The minimum atomic E-state index is 0.0394. The van der Waals surface area contributed by atoms with Crippen molar-refractivity contribution in [2.24, 2.45) is 0 Å². The van der Waals surface area contributed by atoms with Crippen LogP contribution < -0.4 is 0 Å². The molecule has 3 aromatic rings. The molecule has 1 aliphatic carbocycles. The molecule has 0 amide bonds. The van der Waals surface area contributed by atoms with Gasteiger partial charge in [-0.1, -0.05) is 66.2 Å². The highest BCUT2D eigenvalue weighted by atomic mass is 79.9. The van der Waals surface area contributed by atoms with Gasteiger partial charge in [-0.2, -0.15) is 0 Å². The van der Waals surface area contributed by atoms with Crippen LogP contribution in [0.3, 0.4) is 0 Å². The Morgan fingerprint density at radius 1 is 0.783 bits per heavy atom. The van der Waals surface area contributed by atoms with E-state index in [9.17, 15) is 0 Å². The molecule has 1 aliphatic rings. The van der Waals surface area contributed by atoms with Crippen molar-refractivity contribution >= 4 is 28.6 Å². The average molecular weight is 381 g/mol. The summed E-state index contributed by atoms with van der Waals surface area (Å²) >= 11 is 8.07. The summed E-state index contributed by atoms with van der Waals surface area (Å²) in [4.78, 5) is 0.970. The molecule has 0 aromatic heterocycles. The third-order valence-electron chi connectivity index (χ3n) is 4.80. The lowest BCUT2D eigenvalue weighted by molar-refractivity contribution is 0.660. The molecule has 2 heteroatoms. The molecule has 3 aromatic carbocycles. The second-order valence-corrected chi connectivity index (χ2v) is 8.06. The molecular formula is C21H17BrS. The average Bonchev–Trinajstić information content (AvgIpc) is 2.75. The molecule has 4 rings (SSSR count). The number of hydrogen-bond acceptors (Lipinski definition) is 1. The van der Waals surface area contributed by atoms with E-state index in [2.05, 4.69) is 97.0 Å². The van der Waals surface area contributed by atoms with Gasteiger partial charge in [-0.05, 0) is 57.6 Å². The molecular weight excluding hydrogens is 364 g/mol. The van der Waals surface area contributed by atoms with Gasteiger partial charge in [0.2, 0.25) is 0 Å². The second-order valence-electron chi connectivity index (χ2n) is 6.63. The molecule has 0 N–H and O–H groups in total. The van der Waals surface area contributed by atoms with Crippen molar-refractivity contribution in [2.75, 3.05) is 0 Å². The van der Waals surface area contributed by atoms with Gasteiger partial charge in [-0.15, -0.1) is 12.6 Å². The van der Waals surface area contributed by atoms with Crippen LogP contribution in [-0.2, 0) is 5.41 Å². The summed E-state index contributed by atoms with van der Waals surface area (Å²) in [5.41, 5.74) is 8.00. The highest BCUT2D eigenvalue weighted by Gasteiger charge is 2.35. The summed E-state index contributed by atoms with van der Waals surface area (Å²) in [6.45, 7) is 4.62. The fraction of sp³-hybridized carbons (Fsp3) is 0.143. The van der Waals surface area contributed by atoms with E-state index in [-0.39, 0.29) is 5.41 Å². The highest BCUT2D eigenvalue weighted by molar-refractivity contribution is 9.10. The number of hydrogen-bond donors (Lipinski definition) is 1. The molecule has 0 aliphatic heterocycles. The lowest BCUT2D eigenvalue weighted by atomic mass is 9.81. The Bertz CT molecular complexity index is 905. The van der Waals surface area contributed by atoms with E-state index >= 15 is 0 Å². The van der Waals surface area contributed by atoms with E-state index < -0.39 is 0 Å². The van der Waals surface area contributed by atoms with Crippen molar-refractivity contribution in [1.82, 2.24) is 0 Å². The number of fused-ring (bicyclic) bond motifs is 3. The van der Waals surface area contributed by atoms with Crippen molar-refractivity contribution in [3.8, 4) is 22.3 Å². The lowest BCUT2D eigenvalue weighted by Gasteiger charge is -2.22. The van der Waals surface area contributed by atoms with Crippen LogP contribution in [0, 0.1) is 0 Å². The molecule has 0 saturated carbocycles. The standard InChI is InChI=1S/C21H17BrS/c1-21(2)19-6-4-3-5-17(19)18-8-7-13(11-20(18)21)14-9-15(22)12-16(23)10-14/h3-12,23H,1-2H3. The topological polar surface area (TPSA) is 0 Å². The zero-order valence-corrected chi connectivity index (χ0v) is 15.6. The van der Waals surface area contributed by atoms with Crippen LogP contribution in [0.1, 0.15) is 25.0 Å². The van der Waals surface area contributed by atoms with Crippen molar-refractivity contribution in [2.45, 2.75) is 24.2 Å². The third kappa shape index (κ3) is 2.36. The van der Waals surface area contributed by atoms with Crippen molar-refractivity contribution in [3.05, 3.63) is 76.3 Å². The monoisotopic (exact) mass is 380 g/mol. The van der Waals surface area contributed by atoms with Gasteiger partial charge in [0, 0.05) is 14.8 Å². The first-order valence-electron chi connectivity index (χ1n) is 7.71. The van der Waals surface area contributed by atoms with Crippen LogP contribution in [0.2, 0.25) is 0 Å². The van der Waals surface area contributed by atoms with Gasteiger partial charge in [-0.25, -0.2) is 0 Å². The summed E-state index contributed by atoms with van der Waals surface area (Å²) in [5, 5.41) is 0. The van der Waals surface area contributed by atoms with E-state index in [1.54, 1.807) is 0 Å². The maximum atomic E-state index is 4.50. The van der Waals surface area contributed by atoms with Gasteiger partial charge in [0.05, 0.1) is 0 Å². The number of halogens is 1. The summed E-state index contributed by atoms with van der Waals surface area (Å²) in [7, 11) is 0. The van der Waals surface area contributed by atoms with E-state index in [1.807, 2.05) is 6.07 Å². The summed E-state index contributed by atoms with van der Waals surface area (Å²) < 4.78 is 1.06. The largest absolute Gasteiger partial charge is 0.143 e. The molecule has 0 spiro atoms. The van der Waals surface area contributed by atoms with Crippen LogP contribution in [0.5, 0.6) is 0 Å². The quantitative estimate of drug-likeness (QED) is 0.445. The maximum absolute atomic E-state index is 4.50. The Balaban J connectivity index is 1.92. The molecule has 0 nitrogen and oxygen atoms in total. The first-order valence-corrected chi connectivity index (χ1v) is 8.95. The first kappa shape index (κ1) is 15.0. The lowest BCUT2D eigenvalue weighted by Crippen LogP contribution is -2.14. The van der Waals surface area contributed by atoms with E-state index in [0.29, 0.717) is 0 Å². The number of thiol groups is 1. The highest BCUT2D eigenvalue weighted by Crippen LogP contribution is 2.49. The predicted octanol–water partition coefficient (Wildman–Crippen LogP) is 6.71. The zero-order valence-electron chi connectivity index (χ0n) is 13.1. The zero-order chi connectivity index (χ0) is 16.2. The molecule has 0 fully saturated rings. The van der Waals surface area contributed by atoms with Crippen LogP contribution in [0.15, 0.2) is 70.0 Å². The van der Waals surface area contributed by atoms with Gasteiger partial charge < -0.3 is 0 Å². The Kier molecular flexibility index (Phi) is 3.44. The maximum Gasteiger partial charge on any atom is 0.0192 e. The Morgan fingerprint density at radius 3 is 2.30 bits per heavy atom. The van der Waals surface area contributed by atoms with Crippen molar-refractivity contribution in [1.29, 1.82) is 0 Å². The van der Waals surface area contributed by atoms with Crippen molar-refractivity contribution < 1.29 is 0 Å². The van der Waals surface area contributed by atoms with E-state index in [0.717, 1.165) is 9.37 Å². The van der Waals surface area contributed by atoms with Gasteiger partial charge in [0.1, 0.15) is 0 Å². The Labute approximate surface area is 151 Å². The predicted molar refractivity (Wildman–Crippen MR) is 104 cm³/mol. The second kappa shape index (κ2) is 5.25. The van der Waals surface area contributed by atoms with Crippen LogP contribution >= 0.6 is 28.6 Å². The minimum absolute atomic E-state index is 0.0394. The van der Waals surface area contributed by atoms with Crippen LogP contribution in [0.4, 0.5) is 0 Å². The molecule has 0 saturated heterocycles. The smallest absolute Gasteiger partial charge is 0.0192 e. The summed E-state index contributed by atoms with van der Waals surface area (Å²) in [6, 6.07) is 21.8. The van der Waals surface area contributed by atoms with Gasteiger partial charge in [0.15, 0.2) is 0 Å². The fourth-order valence-corrected chi connectivity index (χ4v) is 4.57. The fourth-order valence-electron chi connectivity index (χ4n) is 3.62. The molecule has 0 atom stereocenters. The number of rotatable bonds is 1.